The van der Waals surface area contributed by atoms with Gasteiger partial charge in [0, 0.05) is 36.8 Å². The molecule has 0 aliphatic rings. The van der Waals surface area contributed by atoms with E-state index in [2.05, 4.69) is 41.4 Å². The molecule has 20 heavy (non-hydrogen) atoms. The fourth-order valence-electron chi connectivity index (χ4n) is 2.15. The number of nitrogens with one attached hydrogen (secondary N) is 1. The van der Waals surface area contributed by atoms with Crippen LogP contribution in [-0.4, -0.2) is 14.1 Å². The van der Waals surface area contributed by atoms with Crippen LogP contribution in [0.5, 0.6) is 0 Å². The normalized spacial score (nSPS) is 11.9. The minimum Gasteiger partial charge on any atom is -0.399 e. The molecule has 2 aromatic carbocycles. The third-order valence-electron chi connectivity index (χ3n) is 3.34. The van der Waals surface area contributed by atoms with Crippen LogP contribution in [0.3, 0.4) is 0 Å². The van der Waals surface area contributed by atoms with Crippen molar-refractivity contribution in [3.63, 3.8) is 0 Å². The molecule has 2 aromatic rings. The Kier molecular flexibility index (Phi) is 4.03. The molecule has 0 aromatic heterocycles. The molecule has 0 fully saturated rings. The molecule has 5 N–H and O–H groups in total. The van der Waals surface area contributed by atoms with E-state index in [1.54, 1.807) is 0 Å². The van der Waals surface area contributed by atoms with Gasteiger partial charge in [0.2, 0.25) is 0 Å². The molecule has 0 spiro atoms. The van der Waals surface area contributed by atoms with Gasteiger partial charge in [-0.15, -0.1) is 0 Å². The largest absolute Gasteiger partial charge is 0.399 e. The van der Waals surface area contributed by atoms with Gasteiger partial charge in [0.05, 0.1) is 6.04 Å². The molecule has 0 amide bonds. The molecule has 0 radical (unpaired) electrons. The summed E-state index contributed by atoms with van der Waals surface area (Å²) in [6.45, 7) is 2.07. The number of anilines is 4. The molecule has 0 saturated carbocycles. The molecular weight excluding hydrogens is 248 g/mol. The summed E-state index contributed by atoms with van der Waals surface area (Å²) in [5.41, 5.74) is 16.6. The Balaban J connectivity index is 2.14. The monoisotopic (exact) mass is 270 g/mol. The predicted molar refractivity (Wildman–Crippen MR) is 88.1 cm³/mol. The highest BCUT2D eigenvalue weighted by Crippen LogP contribution is 2.26. The fraction of sp³-hybridized carbons (Fsp3) is 0.250. The van der Waals surface area contributed by atoms with Crippen molar-refractivity contribution in [1.82, 2.24) is 0 Å². The standard InChI is InChI=1S/C16H22N4/c1-11(15-10-12(17)4-9-16(15)18)19-13-5-7-14(8-6-13)20(2)3/h4-11,19H,17-18H2,1-3H3. The molecule has 0 saturated heterocycles. The van der Waals surface area contributed by atoms with Gasteiger partial charge in [-0.1, -0.05) is 0 Å². The highest BCUT2D eigenvalue weighted by atomic mass is 15.1. The summed E-state index contributed by atoms with van der Waals surface area (Å²) in [6.07, 6.45) is 0. The van der Waals surface area contributed by atoms with E-state index in [4.69, 9.17) is 11.5 Å². The smallest absolute Gasteiger partial charge is 0.0506 e. The predicted octanol–water partition coefficient (Wildman–Crippen LogP) is 3.09. The molecule has 0 aliphatic heterocycles. The lowest BCUT2D eigenvalue weighted by Crippen LogP contribution is -2.11. The van der Waals surface area contributed by atoms with Crippen LogP contribution in [0.25, 0.3) is 0 Å². The SMILES string of the molecule is CC(Nc1ccc(N(C)C)cc1)c1cc(N)ccc1N. The number of hydrogen-bond donors (Lipinski definition) is 3. The van der Waals surface area contributed by atoms with Gasteiger partial charge in [-0.3, -0.25) is 0 Å². The first-order valence-corrected chi connectivity index (χ1v) is 6.66. The molecule has 1 unspecified atom stereocenters. The van der Waals surface area contributed by atoms with Crippen LogP contribution in [0, 0.1) is 0 Å². The molecule has 2 rings (SSSR count). The first kappa shape index (κ1) is 14.1. The van der Waals surface area contributed by atoms with E-state index in [0.29, 0.717) is 0 Å². The zero-order valence-electron chi connectivity index (χ0n) is 12.2. The van der Waals surface area contributed by atoms with Crippen LogP contribution < -0.4 is 21.7 Å². The number of nitrogens with zero attached hydrogens (tertiary/aromatic N) is 1. The van der Waals surface area contributed by atoms with Crippen LogP contribution in [0.4, 0.5) is 22.7 Å². The lowest BCUT2D eigenvalue weighted by atomic mass is 10.0. The Bertz CT molecular complexity index is 576. The second-order valence-electron chi connectivity index (χ2n) is 5.20. The number of nitrogens with two attached hydrogens (primary N) is 2. The number of rotatable bonds is 4. The van der Waals surface area contributed by atoms with Gasteiger partial charge in [0.25, 0.3) is 0 Å². The van der Waals surface area contributed by atoms with Gasteiger partial charge >= 0.3 is 0 Å². The summed E-state index contributed by atoms with van der Waals surface area (Å²) < 4.78 is 0. The fourth-order valence-corrected chi connectivity index (χ4v) is 2.15. The zero-order valence-corrected chi connectivity index (χ0v) is 12.2. The molecule has 4 nitrogen and oxygen atoms in total. The van der Waals surface area contributed by atoms with Crippen molar-refractivity contribution in [3.05, 3.63) is 48.0 Å². The van der Waals surface area contributed by atoms with Crippen molar-refractivity contribution in [2.24, 2.45) is 0 Å². The molecule has 106 valence electrons. The van der Waals surface area contributed by atoms with Gasteiger partial charge in [-0.05, 0) is 55.0 Å². The molecule has 0 aliphatic carbocycles. The average molecular weight is 270 g/mol. The highest BCUT2D eigenvalue weighted by Gasteiger charge is 2.09. The lowest BCUT2D eigenvalue weighted by Gasteiger charge is -2.19. The second-order valence-corrected chi connectivity index (χ2v) is 5.20. The van der Waals surface area contributed by atoms with E-state index in [1.807, 2.05) is 32.3 Å². The van der Waals surface area contributed by atoms with E-state index in [9.17, 15) is 0 Å². The minimum absolute atomic E-state index is 0.101. The third kappa shape index (κ3) is 3.15. The topological polar surface area (TPSA) is 67.3 Å². The Hall–Kier alpha value is -2.36. The van der Waals surface area contributed by atoms with Crippen LogP contribution in [0.15, 0.2) is 42.5 Å². The van der Waals surface area contributed by atoms with Crippen molar-refractivity contribution < 1.29 is 0 Å². The first-order valence-electron chi connectivity index (χ1n) is 6.66. The van der Waals surface area contributed by atoms with Gasteiger partial charge in [0.1, 0.15) is 0 Å². The lowest BCUT2D eigenvalue weighted by molar-refractivity contribution is 0.888. The van der Waals surface area contributed by atoms with Crippen LogP contribution in [0.1, 0.15) is 18.5 Å². The van der Waals surface area contributed by atoms with Gasteiger partial charge in [0.15, 0.2) is 0 Å². The Morgan fingerprint density at radius 2 is 1.65 bits per heavy atom. The Morgan fingerprint density at radius 3 is 2.25 bits per heavy atom. The van der Waals surface area contributed by atoms with Crippen LogP contribution in [-0.2, 0) is 0 Å². The summed E-state index contributed by atoms with van der Waals surface area (Å²) in [6, 6.07) is 14.0. The third-order valence-corrected chi connectivity index (χ3v) is 3.34. The van der Waals surface area contributed by atoms with Crippen molar-refractivity contribution >= 4 is 22.7 Å². The van der Waals surface area contributed by atoms with Gasteiger partial charge in [-0.25, -0.2) is 0 Å². The summed E-state index contributed by atoms with van der Waals surface area (Å²) in [5.74, 6) is 0. The molecule has 1 atom stereocenters. The Morgan fingerprint density at radius 1 is 1.00 bits per heavy atom. The van der Waals surface area contributed by atoms with Crippen LogP contribution >= 0.6 is 0 Å². The second kappa shape index (κ2) is 5.74. The van der Waals surface area contributed by atoms with Gasteiger partial charge in [-0.2, -0.15) is 0 Å². The number of benzene rings is 2. The maximum absolute atomic E-state index is 6.01. The summed E-state index contributed by atoms with van der Waals surface area (Å²) >= 11 is 0. The first-order chi connectivity index (χ1) is 9.47. The van der Waals surface area contributed by atoms with Gasteiger partial charge < -0.3 is 21.7 Å². The number of hydrogen-bond acceptors (Lipinski definition) is 4. The van der Waals surface area contributed by atoms with Crippen molar-refractivity contribution in [3.8, 4) is 0 Å². The quantitative estimate of drug-likeness (QED) is 0.747. The summed E-state index contributed by atoms with van der Waals surface area (Å²) in [5, 5.41) is 3.44. The van der Waals surface area contributed by atoms with E-state index < -0.39 is 0 Å². The zero-order chi connectivity index (χ0) is 14.7. The van der Waals surface area contributed by atoms with Crippen LogP contribution in [0.2, 0.25) is 0 Å². The average Bonchev–Trinajstić information content (AvgIpc) is 2.42. The minimum atomic E-state index is 0.101. The van der Waals surface area contributed by atoms with Crippen molar-refractivity contribution in [2.45, 2.75) is 13.0 Å². The molecular formula is C16H22N4. The summed E-state index contributed by atoms with van der Waals surface area (Å²) in [7, 11) is 4.05. The number of nitrogen functional groups attached to an aromatic ring is 2. The van der Waals surface area contributed by atoms with Crippen molar-refractivity contribution in [2.75, 3.05) is 35.8 Å². The maximum Gasteiger partial charge on any atom is 0.0506 e. The molecule has 0 bridgehead atoms. The Labute approximate surface area is 120 Å². The maximum atomic E-state index is 6.01. The van der Waals surface area contributed by atoms with E-state index in [1.165, 1.54) is 5.69 Å². The summed E-state index contributed by atoms with van der Waals surface area (Å²) in [4.78, 5) is 2.07. The van der Waals surface area contributed by atoms with Crippen molar-refractivity contribution in [1.29, 1.82) is 0 Å². The van der Waals surface area contributed by atoms with E-state index >= 15 is 0 Å². The van der Waals surface area contributed by atoms with E-state index in [-0.39, 0.29) is 6.04 Å². The molecule has 0 heterocycles. The van der Waals surface area contributed by atoms with E-state index in [0.717, 1.165) is 22.6 Å². The molecule has 4 heteroatoms. The highest BCUT2D eigenvalue weighted by molar-refractivity contribution is 5.60.